The van der Waals surface area contributed by atoms with Gasteiger partial charge in [0.25, 0.3) is 0 Å². The van der Waals surface area contributed by atoms with Gasteiger partial charge in [0.15, 0.2) is 5.82 Å². The zero-order valence-corrected chi connectivity index (χ0v) is 12.6. The summed E-state index contributed by atoms with van der Waals surface area (Å²) < 4.78 is 5.31. The van der Waals surface area contributed by atoms with E-state index in [0.29, 0.717) is 18.3 Å². The second-order valence-electron chi connectivity index (χ2n) is 4.70. The zero-order chi connectivity index (χ0) is 15.9. The van der Waals surface area contributed by atoms with E-state index in [4.69, 9.17) is 4.74 Å². The summed E-state index contributed by atoms with van der Waals surface area (Å²) in [6, 6.07) is 11.5. The van der Waals surface area contributed by atoms with Crippen LogP contribution < -0.4 is 15.4 Å². The minimum absolute atomic E-state index is 0.446. The van der Waals surface area contributed by atoms with Crippen molar-refractivity contribution in [1.82, 2.24) is 20.2 Å². The first-order valence-electron chi connectivity index (χ1n) is 7.07. The number of para-hydroxylation sites is 2. The highest BCUT2D eigenvalue weighted by Gasteiger charge is 2.05. The minimum atomic E-state index is 0.446. The summed E-state index contributed by atoms with van der Waals surface area (Å²) in [6.07, 6.45) is 5.05. The third-order valence-electron chi connectivity index (χ3n) is 3.13. The maximum Gasteiger partial charge on any atom is 0.244 e. The first-order chi connectivity index (χ1) is 11.3. The van der Waals surface area contributed by atoms with Crippen LogP contribution in [0.4, 0.5) is 17.5 Å². The number of nitrogens with zero attached hydrogens (tertiary/aromatic N) is 4. The lowest BCUT2D eigenvalue weighted by atomic mass is 10.3. The average Bonchev–Trinajstić information content (AvgIpc) is 2.62. The van der Waals surface area contributed by atoms with Crippen LogP contribution in [-0.2, 0) is 6.54 Å². The van der Waals surface area contributed by atoms with E-state index in [0.717, 1.165) is 17.0 Å². The number of hydrogen-bond acceptors (Lipinski definition) is 7. The Bertz CT molecular complexity index is 765. The molecule has 3 rings (SSSR count). The van der Waals surface area contributed by atoms with Crippen molar-refractivity contribution >= 4 is 17.5 Å². The molecule has 2 N–H and O–H groups in total. The topological polar surface area (TPSA) is 84.9 Å². The number of hydrogen-bond donors (Lipinski definition) is 2. The Kier molecular flexibility index (Phi) is 4.58. The van der Waals surface area contributed by atoms with Crippen LogP contribution in [0.2, 0.25) is 0 Å². The SMILES string of the molecule is COc1ccccc1Nc1cnnc(NCc2ccncc2)n1. The molecule has 0 saturated carbocycles. The molecule has 2 heterocycles. The van der Waals surface area contributed by atoms with Crippen LogP contribution in [0.3, 0.4) is 0 Å². The number of rotatable bonds is 6. The molecule has 2 aromatic heterocycles. The summed E-state index contributed by atoms with van der Waals surface area (Å²) in [6.45, 7) is 0.600. The summed E-state index contributed by atoms with van der Waals surface area (Å²) in [4.78, 5) is 8.38. The molecule has 0 fully saturated rings. The fourth-order valence-electron chi connectivity index (χ4n) is 2.01. The van der Waals surface area contributed by atoms with Crippen molar-refractivity contribution in [2.75, 3.05) is 17.7 Å². The summed E-state index contributed by atoms with van der Waals surface area (Å²) in [5, 5.41) is 14.2. The standard InChI is InChI=1S/C16H16N6O/c1-23-14-5-3-2-4-13(14)20-15-11-19-22-16(21-15)18-10-12-6-8-17-9-7-12/h2-9,11H,10H2,1H3,(H2,18,20,21,22). The Morgan fingerprint density at radius 2 is 1.91 bits per heavy atom. The average molecular weight is 308 g/mol. The van der Waals surface area contributed by atoms with Crippen LogP contribution >= 0.6 is 0 Å². The summed E-state index contributed by atoms with van der Waals surface area (Å²) in [5.41, 5.74) is 1.90. The number of benzene rings is 1. The molecule has 0 atom stereocenters. The van der Waals surface area contributed by atoms with Crippen molar-refractivity contribution in [2.45, 2.75) is 6.54 Å². The van der Waals surface area contributed by atoms with Crippen LogP contribution in [0.15, 0.2) is 55.0 Å². The van der Waals surface area contributed by atoms with Gasteiger partial charge in [-0.05, 0) is 29.8 Å². The van der Waals surface area contributed by atoms with E-state index in [1.54, 1.807) is 25.7 Å². The van der Waals surface area contributed by atoms with Gasteiger partial charge in [-0.25, -0.2) is 0 Å². The van der Waals surface area contributed by atoms with E-state index >= 15 is 0 Å². The summed E-state index contributed by atoms with van der Waals surface area (Å²) >= 11 is 0. The van der Waals surface area contributed by atoms with Crippen LogP contribution in [0.1, 0.15) is 5.56 Å². The quantitative estimate of drug-likeness (QED) is 0.724. The number of methoxy groups -OCH3 is 1. The highest BCUT2D eigenvalue weighted by atomic mass is 16.5. The largest absolute Gasteiger partial charge is 0.495 e. The molecule has 23 heavy (non-hydrogen) atoms. The van der Waals surface area contributed by atoms with E-state index in [1.807, 2.05) is 36.4 Å². The van der Waals surface area contributed by atoms with Gasteiger partial charge in [0.05, 0.1) is 19.0 Å². The second kappa shape index (κ2) is 7.17. The molecular weight excluding hydrogens is 292 g/mol. The highest BCUT2D eigenvalue weighted by Crippen LogP contribution is 2.25. The molecule has 0 bridgehead atoms. The molecule has 0 radical (unpaired) electrons. The van der Waals surface area contributed by atoms with Gasteiger partial charge in [0, 0.05) is 18.9 Å². The van der Waals surface area contributed by atoms with E-state index in [9.17, 15) is 0 Å². The molecule has 3 aromatic rings. The highest BCUT2D eigenvalue weighted by molar-refractivity contribution is 5.63. The lowest BCUT2D eigenvalue weighted by molar-refractivity contribution is 0.417. The normalized spacial score (nSPS) is 10.1. The Labute approximate surface area is 133 Å². The third-order valence-corrected chi connectivity index (χ3v) is 3.13. The van der Waals surface area contributed by atoms with Crippen molar-refractivity contribution in [3.8, 4) is 5.75 Å². The Hall–Kier alpha value is -3.22. The van der Waals surface area contributed by atoms with Gasteiger partial charge in [-0.15, -0.1) is 5.10 Å². The van der Waals surface area contributed by atoms with Crippen molar-refractivity contribution in [3.05, 3.63) is 60.6 Å². The van der Waals surface area contributed by atoms with Gasteiger partial charge < -0.3 is 15.4 Å². The van der Waals surface area contributed by atoms with Crippen LogP contribution in [0, 0.1) is 0 Å². The zero-order valence-electron chi connectivity index (χ0n) is 12.6. The molecular formula is C16H16N6O. The molecule has 0 aliphatic rings. The van der Waals surface area contributed by atoms with Gasteiger partial charge in [0.1, 0.15) is 5.75 Å². The second-order valence-corrected chi connectivity index (χ2v) is 4.70. The number of ether oxygens (including phenoxy) is 1. The lowest BCUT2D eigenvalue weighted by Crippen LogP contribution is -2.06. The van der Waals surface area contributed by atoms with Gasteiger partial charge in [-0.3, -0.25) is 4.98 Å². The fourth-order valence-corrected chi connectivity index (χ4v) is 2.01. The lowest BCUT2D eigenvalue weighted by Gasteiger charge is -2.10. The van der Waals surface area contributed by atoms with Gasteiger partial charge in [0.2, 0.25) is 5.95 Å². The molecule has 0 saturated heterocycles. The van der Waals surface area contributed by atoms with Crippen molar-refractivity contribution in [1.29, 1.82) is 0 Å². The maximum absolute atomic E-state index is 5.31. The first-order valence-corrected chi connectivity index (χ1v) is 7.07. The van der Waals surface area contributed by atoms with E-state index in [-0.39, 0.29) is 0 Å². The molecule has 0 spiro atoms. The van der Waals surface area contributed by atoms with Gasteiger partial charge in [-0.1, -0.05) is 12.1 Å². The van der Waals surface area contributed by atoms with Crippen molar-refractivity contribution in [3.63, 3.8) is 0 Å². The fraction of sp³-hybridized carbons (Fsp3) is 0.125. The number of nitrogens with one attached hydrogen (secondary N) is 2. The molecule has 0 amide bonds. The molecule has 1 aromatic carbocycles. The summed E-state index contributed by atoms with van der Waals surface area (Å²) in [5.74, 6) is 1.76. The molecule has 0 unspecified atom stereocenters. The first kappa shape index (κ1) is 14.7. The van der Waals surface area contributed by atoms with Gasteiger partial charge in [-0.2, -0.15) is 10.1 Å². The number of pyridine rings is 1. The van der Waals surface area contributed by atoms with Crippen molar-refractivity contribution in [2.24, 2.45) is 0 Å². The van der Waals surface area contributed by atoms with Crippen LogP contribution in [0.5, 0.6) is 5.75 Å². The molecule has 7 heteroatoms. The van der Waals surface area contributed by atoms with Gasteiger partial charge >= 0.3 is 0 Å². The molecule has 0 aliphatic heterocycles. The Balaban J connectivity index is 1.70. The predicted octanol–water partition coefficient (Wildman–Crippen LogP) is 2.63. The van der Waals surface area contributed by atoms with E-state index < -0.39 is 0 Å². The molecule has 116 valence electrons. The monoisotopic (exact) mass is 308 g/mol. The number of aromatic nitrogens is 4. The molecule has 0 aliphatic carbocycles. The van der Waals surface area contributed by atoms with Crippen LogP contribution in [0.25, 0.3) is 0 Å². The Morgan fingerprint density at radius 1 is 1.09 bits per heavy atom. The third kappa shape index (κ3) is 3.91. The van der Waals surface area contributed by atoms with Crippen LogP contribution in [-0.4, -0.2) is 27.3 Å². The maximum atomic E-state index is 5.31. The number of anilines is 3. The smallest absolute Gasteiger partial charge is 0.244 e. The Morgan fingerprint density at radius 3 is 2.74 bits per heavy atom. The minimum Gasteiger partial charge on any atom is -0.495 e. The predicted molar refractivity (Wildman–Crippen MR) is 87.7 cm³/mol. The van der Waals surface area contributed by atoms with E-state index in [1.165, 1.54) is 0 Å². The van der Waals surface area contributed by atoms with E-state index in [2.05, 4.69) is 30.8 Å². The van der Waals surface area contributed by atoms with Crippen molar-refractivity contribution < 1.29 is 4.74 Å². The molecule has 7 nitrogen and oxygen atoms in total. The summed E-state index contributed by atoms with van der Waals surface area (Å²) in [7, 11) is 1.63.